The SMILES string of the molecule is CCCNc1cc(OCCN(C(C)C)C(C)C)nc(C)n1. The van der Waals surface area contributed by atoms with Crippen molar-refractivity contribution < 1.29 is 4.74 Å². The van der Waals surface area contributed by atoms with Gasteiger partial charge in [0.15, 0.2) is 0 Å². The van der Waals surface area contributed by atoms with E-state index in [-0.39, 0.29) is 0 Å². The molecule has 0 radical (unpaired) electrons. The summed E-state index contributed by atoms with van der Waals surface area (Å²) in [4.78, 5) is 11.1. The van der Waals surface area contributed by atoms with E-state index >= 15 is 0 Å². The number of ether oxygens (including phenoxy) is 1. The van der Waals surface area contributed by atoms with Crippen LogP contribution in [0.15, 0.2) is 6.07 Å². The summed E-state index contributed by atoms with van der Waals surface area (Å²) < 4.78 is 5.81. The van der Waals surface area contributed by atoms with Crippen LogP contribution in [0.4, 0.5) is 5.82 Å². The van der Waals surface area contributed by atoms with E-state index in [4.69, 9.17) is 4.74 Å². The molecule has 120 valence electrons. The molecule has 0 fully saturated rings. The number of aryl methyl sites for hydroxylation is 1. The number of aromatic nitrogens is 2. The number of hydrogen-bond acceptors (Lipinski definition) is 5. The Labute approximate surface area is 129 Å². The van der Waals surface area contributed by atoms with Crippen LogP contribution in [0.3, 0.4) is 0 Å². The number of rotatable bonds is 9. The highest BCUT2D eigenvalue weighted by Crippen LogP contribution is 2.14. The fourth-order valence-corrected chi connectivity index (χ4v) is 2.33. The van der Waals surface area contributed by atoms with Crippen LogP contribution in [0.1, 0.15) is 46.9 Å². The van der Waals surface area contributed by atoms with Gasteiger partial charge < -0.3 is 10.1 Å². The van der Waals surface area contributed by atoms with Crippen molar-refractivity contribution in [2.75, 3.05) is 25.0 Å². The highest BCUT2D eigenvalue weighted by Gasteiger charge is 2.13. The molecule has 0 saturated carbocycles. The van der Waals surface area contributed by atoms with Crippen molar-refractivity contribution in [3.63, 3.8) is 0 Å². The van der Waals surface area contributed by atoms with Gasteiger partial charge in [0.2, 0.25) is 5.88 Å². The third-order valence-corrected chi connectivity index (χ3v) is 3.30. The topological polar surface area (TPSA) is 50.3 Å². The van der Waals surface area contributed by atoms with Crippen LogP contribution in [0, 0.1) is 6.92 Å². The second-order valence-corrected chi connectivity index (χ2v) is 5.84. The molecule has 0 bridgehead atoms. The highest BCUT2D eigenvalue weighted by atomic mass is 16.5. The summed E-state index contributed by atoms with van der Waals surface area (Å²) in [6.07, 6.45) is 1.07. The quantitative estimate of drug-likeness (QED) is 0.758. The molecule has 0 aliphatic heterocycles. The summed E-state index contributed by atoms with van der Waals surface area (Å²) in [7, 11) is 0. The van der Waals surface area contributed by atoms with Crippen LogP contribution < -0.4 is 10.1 Å². The molecule has 0 amide bonds. The van der Waals surface area contributed by atoms with Gasteiger partial charge in [0.25, 0.3) is 0 Å². The minimum absolute atomic E-state index is 0.516. The second-order valence-electron chi connectivity index (χ2n) is 5.84. The molecule has 5 heteroatoms. The summed E-state index contributed by atoms with van der Waals surface area (Å²) >= 11 is 0. The Morgan fingerprint density at radius 1 is 1.19 bits per heavy atom. The van der Waals surface area contributed by atoms with E-state index in [1.54, 1.807) is 0 Å². The predicted octanol–water partition coefficient (Wildman–Crippen LogP) is 3.10. The summed E-state index contributed by atoms with van der Waals surface area (Å²) in [5.41, 5.74) is 0. The minimum Gasteiger partial charge on any atom is -0.476 e. The van der Waals surface area contributed by atoms with Crippen molar-refractivity contribution in [1.82, 2.24) is 14.9 Å². The molecule has 0 spiro atoms. The van der Waals surface area contributed by atoms with Crippen LogP contribution in [0.5, 0.6) is 5.88 Å². The molecule has 0 saturated heterocycles. The average molecular weight is 294 g/mol. The fraction of sp³-hybridized carbons (Fsp3) is 0.750. The first-order valence-electron chi connectivity index (χ1n) is 7.92. The van der Waals surface area contributed by atoms with Crippen LogP contribution in [0.25, 0.3) is 0 Å². The van der Waals surface area contributed by atoms with E-state index in [1.165, 1.54) is 0 Å². The lowest BCUT2D eigenvalue weighted by atomic mass is 10.2. The fourth-order valence-electron chi connectivity index (χ4n) is 2.33. The summed E-state index contributed by atoms with van der Waals surface area (Å²) in [6, 6.07) is 2.91. The second kappa shape index (κ2) is 8.82. The zero-order chi connectivity index (χ0) is 15.8. The van der Waals surface area contributed by atoms with E-state index in [0.29, 0.717) is 24.6 Å². The lowest BCUT2D eigenvalue weighted by molar-refractivity contribution is 0.140. The van der Waals surface area contributed by atoms with Crippen LogP contribution in [-0.4, -0.2) is 46.6 Å². The van der Waals surface area contributed by atoms with Gasteiger partial charge in [0.05, 0.1) is 0 Å². The van der Waals surface area contributed by atoms with Crippen molar-refractivity contribution in [2.24, 2.45) is 0 Å². The minimum atomic E-state index is 0.516. The van der Waals surface area contributed by atoms with E-state index in [2.05, 4.69) is 54.8 Å². The lowest BCUT2D eigenvalue weighted by Gasteiger charge is -2.30. The van der Waals surface area contributed by atoms with Gasteiger partial charge in [-0.3, -0.25) is 4.90 Å². The molecule has 5 nitrogen and oxygen atoms in total. The molecule has 1 rings (SSSR count). The maximum absolute atomic E-state index is 5.81. The molecule has 1 heterocycles. The van der Waals surface area contributed by atoms with Crippen molar-refractivity contribution in [1.29, 1.82) is 0 Å². The maximum atomic E-state index is 5.81. The Morgan fingerprint density at radius 2 is 1.86 bits per heavy atom. The largest absolute Gasteiger partial charge is 0.476 e. The number of anilines is 1. The van der Waals surface area contributed by atoms with Gasteiger partial charge in [-0.05, 0) is 41.0 Å². The molecule has 1 N–H and O–H groups in total. The van der Waals surface area contributed by atoms with Gasteiger partial charge in [-0.15, -0.1) is 0 Å². The highest BCUT2D eigenvalue weighted by molar-refractivity contribution is 5.38. The molecule has 0 aliphatic rings. The van der Waals surface area contributed by atoms with E-state index < -0.39 is 0 Å². The monoisotopic (exact) mass is 294 g/mol. The Balaban J connectivity index is 2.56. The van der Waals surface area contributed by atoms with Gasteiger partial charge in [-0.2, -0.15) is 4.98 Å². The Kier molecular flexibility index (Phi) is 7.43. The standard InChI is InChI=1S/C16H30N4O/c1-7-8-17-15-11-16(19-14(6)18-15)21-10-9-20(12(2)3)13(4)5/h11-13H,7-10H2,1-6H3,(H,17,18,19). The Bertz CT molecular complexity index is 413. The first kappa shape index (κ1) is 17.7. The summed E-state index contributed by atoms with van der Waals surface area (Å²) in [6.45, 7) is 15.3. The van der Waals surface area contributed by atoms with Crippen molar-refractivity contribution in [3.8, 4) is 5.88 Å². The molecule has 0 atom stereocenters. The first-order valence-corrected chi connectivity index (χ1v) is 7.92. The van der Waals surface area contributed by atoms with Crippen molar-refractivity contribution in [3.05, 3.63) is 11.9 Å². The first-order chi connectivity index (χ1) is 9.93. The Hall–Kier alpha value is -1.36. The van der Waals surface area contributed by atoms with E-state index in [9.17, 15) is 0 Å². The average Bonchev–Trinajstić information content (AvgIpc) is 2.40. The zero-order valence-electron chi connectivity index (χ0n) is 14.3. The van der Waals surface area contributed by atoms with Crippen molar-refractivity contribution in [2.45, 2.75) is 60.0 Å². The van der Waals surface area contributed by atoms with E-state index in [1.807, 2.05) is 13.0 Å². The van der Waals surface area contributed by atoms with E-state index in [0.717, 1.165) is 31.2 Å². The normalized spacial score (nSPS) is 11.5. The van der Waals surface area contributed by atoms with Crippen LogP contribution >= 0.6 is 0 Å². The molecule has 0 unspecified atom stereocenters. The van der Waals surface area contributed by atoms with Crippen molar-refractivity contribution >= 4 is 5.82 Å². The molecule has 0 aliphatic carbocycles. The van der Waals surface area contributed by atoms with Gasteiger partial charge >= 0.3 is 0 Å². The molecular weight excluding hydrogens is 264 g/mol. The van der Waals surface area contributed by atoms with Gasteiger partial charge in [-0.1, -0.05) is 6.92 Å². The van der Waals surface area contributed by atoms with Gasteiger partial charge in [0, 0.05) is 31.2 Å². The Morgan fingerprint density at radius 3 is 2.43 bits per heavy atom. The molecule has 1 aromatic heterocycles. The number of hydrogen-bond donors (Lipinski definition) is 1. The lowest BCUT2D eigenvalue weighted by Crippen LogP contribution is -2.39. The van der Waals surface area contributed by atoms with Gasteiger partial charge in [-0.25, -0.2) is 4.98 Å². The van der Waals surface area contributed by atoms with Crippen LogP contribution in [0.2, 0.25) is 0 Å². The van der Waals surface area contributed by atoms with Crippen LogP contribution in [-0.2, 0) is 0 Å². The zero-order valence-corrected chi connectivity index (χ0v) is 14.3. The third kappa shape index (κ3) is 6.29. The smallest absolute Gasteiger partial charge is 0.218 e. The molecule has 1 aromatic rings. The predicted molar refractivity (Wildman–Crippen MR) is 88.0 cm³/mol. The summed E-state index contributed by atoms with van der Waals surface area (Å²) in [5, 5.41) is 3.27. The molecule has 0 aromatic carbocycles. The van der Waals surface area contributed by atoms with Gasteiger partial charge in [0.1, 0.15) is 18.2 Å². The molecule has 21 heavy (non-hydrogen) atoms. The molecular formula is C16H30N4O. The third-order valence-electron chi connectivity index (χ3n) is 3.30. The number of nitrogens with zero attached hydrogens (tertiary/aromatic N) is 3. The number of nitrogens with one attached hydrogen (secondary N) is 1. The maximum Gasteiger partial charge on any atom is 0.218 e. The summed E-state index contributed by atoms with van der Waals surface area (Å²) in [5.74, 6) is 2.22.